The van der Waals surface area contributed by atoms with E-state index < -0.39 is 0 Å². The number of rotatable bonds is 5. The molecule has 1 N–H and O–H groups in total. The Labute approximate surface area is 121 Å². The molecule has 0 saturated carbocycles. The Morgan fingerprint density at radius 1 is 1.25 bits per heavy atom. The van der Waals surface area contributed by atoms with Crippen molar-refractivity contribution in [2.75, 3.05) is 13.1 Å². The molecule has 2 aliphatic rings. The quantitative estimate of drug-likeness (QED) is 0.833. The minimum absolute atomic E-state index is 0.365. The molecule has 0 unspecified atom stereocenters. The molecule has 0 radical (unpaired) electrons. The number of carbonyl (C=O) groups is 1. The van der Waals surface area contributed by atoms with Crippen LogP contribution in [0.2, 0.25) is 0 Å². The predicted molar refractivity (Wildman–Crippen MR) is 80.7 cm³/mol. The fraction of sp³-hybridized carbons (Fsp3) is 0.588. The predicted octanol–water partition coefficient (Wildman–Crippen LogP) is 2.14. The number of amides is 1. The van der Waals surface area contributed by atoms with Gasteiger partial charge in [-0.25, -0.2) is 0 Å². The molecule has 3 nitrogen and oxygen atoms in total. The van der Waals surface area contributed by atoms with Crippen LogP contribution in [-0.2, 0) is 17.6 Å². The zero-order valence-electron chi connectivity index (χ0n) is 12.3. The number of fused-ring (bicyclic) bond motifs is 1. The molecule has 3 rings (SSSR count). The van der Waals surface area contributed by atoms with Gasteiger partial charge in [0.25, 0.3) is 0 Å². The van der Waals surface area contributed by atoms with Gasteiger partial charge in [-0.05, 0) is 49.9 Å². The summed E-state index contributed by atoms with van der Waals surface area (Å²) in [5, 5.41) is 3.38. The highest BCUT2D eigenvalue weighted by Gasteiger charge is 2.38. The standard InChI is InChI=1S/C17H24N2O/c1-2-18-10-9-15-7-8-17(20)19(15)16-11-13-5-3-4-6-14(13)12-16/h3-6,15-16,18H,2,7-12H2,1H3/t15-/m1/s1. The van der Waals surface area contributed by atoms with Gasteiger partial charge in [-0.1, -0.05) is 31.2 Å². The number of benzene rings is 1. The number of hydrogen-bond donors (Lipinski definition) is 1. The van der Waals surface area contributed by atoms with Crippen molar-refractivity contribution in [3.8, 4) is 0 Å². The van der Waals surface area contributed by atoms with Gasteiger partial charge >= 0.3 is 0 Å². The summed E-state index contributed by atoms with van der Waals surface area (Å²) in [6.07, 6.45) is 4.95. The van der Waals surface area contributed by atoms with Crippen molar-refractivity contribution in [2.24, 2.45) is 0 Å². The summed E-state index contributed by atoms with van der Waals surface area (Å²) < 4.78 is 0. The van der Waals surface area contributed by atoms with E-state index in [9.17, 15) is 4.79 Å². The summed E-state index contributed by atoms with van der Waals surface area (Å²) in [5.74, 6) is 0.365. The van der Waals surface area contributed by atoms with E-state index in [0.717, 1.165) is 45.2 Å². The average Bonchev–Trinajstić information content (AvgIpc) is 3.02. The van der Waals surface area contributed by atoms with Crippen molar-refractivity contribution >= 4 is 5.91 Å². The summed E-state index contributed by atoms with van der Waals surface area (Å²) in [5.41, 5.74) is 2.87. The molecule has 1 heterocycles. The minimum Gasteiger partial charge on any atom is -0.336 e. The summed E-state index contributed by atoms with van der Waals surface area (Å²) in [6.45, 7) is 4.16. The molecule has 1 aromatic rings. The first kappa shape index (κ1) is 13.6. The molecule has 1 aliphatic heterocycles. The third kappa shape index (κ3) is 2.59. The van der Waals surface area contributed by atoms with Crippen LogP contribution in [0.4, 0.5) is 0 Å². The highest BCUT2D eigenvalue weighted by Crippen LogP contribution is 2.32. The third-order valence-electron chi connectivity index (χ3n) is 4.70. The van der Waals surface area contributed by atoms with Crippen LogP contribution in [0.3, 0.4) is 0 Å². The van der Waals surface area contributed by atoms with E-state index in [4.69, 9.17) is 0 Å². The lowest BCUT2D eigenvalue weighted by Gasteiger charge is -2.31. The maximum absolute atomic E-state index is 12.3. The molecular weight excluding hydrogens is 248 g/mol. The zero-order chi connectivity index (χ0) is 13.9. The maximum atomic E-state index is 12.3. The van der Waals surface area contributed by atoms with E-state index in [1.165, 1.54) is 11.1 Å². The van der Waals surface area contributed by atoms with E-state index in [-0.39, 0.29) is 0 Å². The number of likely N-dealkylation sites (tertiary alicyclic amines) is 1. The first-order valence-electron chi connectivity index (χ1n) is 7.88. The average molecular weight is 272 g/mol. The highest BCUT2D eigenvalue weighted by atomic mass is 16.2. The lowest BCUT2D eigenvalue weighted by atomic mass is 10.1. The largest absolute Gasteiger partial charge is 0.336 e. The highest BCUT2D eigenvalue weighted by molar-refractivity contribution is 5.79. The third-order valence-corrected chi connectivity index (χ3v) is 4.70. The molecule has 0 aromatic heterocycles. The topological polar surface area (TPSA) is 32.3 Å². The second-order valence-electron chi connectivity index (χ2n) is 5.97. The van der Waals surface area contributed by atoms with E-state index in [1.54, 1.807) is 0 Å². The van der Waals surface area contributed by atoms with Gasteiger partial charge in [0, 0.05) is 18.5 Å². The monoisotopic (exact) mass is 272 g/mol. The van der Waals surface area contributed by atoms with Crippen molar-refractivity contribution in [3.63, 3.8) is 0 Å². The smallest absolute Gasteiger partial charge is 0.223 e. The van der Waals surface area contributed by atoms with Crippen LogP contribution >= 0.6 is 0 Å². The van der Waals surface area contributed by atoms with Crippen LogP contribution in [-0.4, -0.2) is 36.0 Å². The molecular formula is C17H24N2O. The van der Waals surface area contributed by atoms with Gasteiger partial charge in [0.1, 0.15) is 0 Å². The van der Waals surface area contributed by atoms with Gasteiger partial charge in [-0.3, -0.25) is 4.79 Å². The Balaban J connectivity index is 1.67. The van der Waals surface area contributed by atoms with Crippen LogP contribution in [0.25, 0.3) is 0 Å². The first-order valence-corrected chi connectivity index (χ1v) is 7.88. The normalized spacial score (nSPS) is 22.6. The molecule has 1 aliphatic carbocycles. The molecule has 1 aromatic carbocycles. The number of nitrogens with zero attached hydrogens (tertiary/aromatic N) is 1. The zero-order valence-corrected chi connectivity index (χ0v) is 12.3. The Bertz CT molecular complexity index is 461. The molecule has 1 saturated heterocycles. The number of nitrogens with one attached hydrogen (secondary N) is 1. The molecule has 0 spiro atoms. The van der Waals surface area contributed by atoms with E-state index in [1.807, 2.05) is 0 Å². The molecule has 1 amide bonds. The van der Waals surface area contributed by atoms with Crippen LogP contribution in [0.1, 0.15) is 37.3 Å². The molecule has 108 valence electrons. The SMILES string of the molecule is CCNCC[C@H]1CCC(=O)N1C1Cc2ccccc2C1. The van der Waals surface area contributed by atoms with Crippen molar-refractivity contribution in [3.05, 3.63) is 35.4 Å². The van der Waals surface area contributed by atoms with E-state index >= 15 is 0 Å². The summed E-state index contributed by atoms with van der Waals surface area (Å²) in [6, 6.07) is 9.48. The molecule has 1 fully saturated rings. The van der Waals surface area contributed by atoms with E-state index in [0.29, 0.717) is 18.0 Å². The summed E-state index contributed by atoms with van der Waals surface area (Å²) in [7, 11) is 0. The first-order chi connectivity index (χ1) is 9.79. The van der Waals surface area contributed by atoms with Crippen molar-refractivity contribution < 1.29 is 4.79 Å². The second kappa shape index (κ2) is 5.96. The van der Waals surface area contributed by atoms with Gasteiger partial charge in [-0.2, -0.15) is 0 Å². The second-order valence-corrected chi connectivity index (χ2v) is 5.97. The molecule has 20 heavy (non-hydrogen) atoms. The van der Waals surface area contributed by atoms with Gasteiger partial charge in [0.05, 0.1) is 0 Å². The summed E-state index contributed by atoms with van der Waals surface area (Å²) in [4.78, 5) is 14.5. The van der Waals surface area contributed by atoms with Crippen molar-refractivity contribution in [1.29, 1.82) is 0 Å². The Kier molecular flexibility index (Phi) is 4.06. The Morgan fingerprint density at radius 2 is 1.95 bits per heavy atom. The fourth-order valence-corrected chi connectivity index (χ4v) is 3.72. The van der Waals surface area contributed by atoms with Crippen LogP contribution in [0.15, 0.2) is 24.3 Å². The summed E-state index contributed by atoms with van der Waals surface area (Å²) >= 11 is 0. The molecule has 1 atom stereocenters. The van der Waals surface area contributed by atoms with Crippen LogP contribution in [0, 0.1) is 0 Å². The van der Waals surface area contributed by atoms with Crippen LogP contribution < -0.4 is 5.32 Å². The fourth-order valence-electron chi connectivity index (χ4n) is 3.72. The molecule has 3 heteroatoms. The van der Waals surface area contributed by atoms with Gasteiger partial charge in [0.2, 0.25) is 5.91 Å². The Morgan fingerprint density at radius 3 is 2.60 bits per heavy atom. The lowest BCUT2D eigenvalue weighted by Crippen LogP contribution is -2.43. The van der Waals surface area contributed by atoms with Crippen LogP contribution in [0.5, 0.6) is 0 Å². The van der Waals surface area contributed by atoms with Gasteiger partial charge in [0.15, 0.2) is 0 Å². The van der Waals surface area contributed by atoms with E-state index in [2.05, 4.69) is 41.4 Å². The minimum atomic E-state index is 0.365. The maximum Gasteiger partial charge on any atom is 0.223 e. The van der Waals surface area contributed by atoms with Crippen molar-refractivity contribution in [2.45, 2.75) is 51.1 Å². The van der Waals surface area contributed by atoms with Gasteiger partial charge in [-0.15, -0.1) is 0 Å². The molecule has 0 bridgehead atoms. The Hall–Kier alpha value is -1.35. The number of hydrogen-bond acceptors (Lipinski definition) is 2. The van der Waals surface area contributed by atoms with Gasteiger partial charge < -0.3 is 10.2 Å². The lowest BCUT2D eigenvalue weighted by molar-refractivity contribution is -0.131. The van der Waals surface area contributed by atoms with Crippen molar-refractivity contribution in [1.82, 2.24) is 10.2 Å². The number of carbonyl (C=O) groups excluding carboxylic acids is 1.